The number of amides is 2. The molecule has 3 aromatic rings. The second kappa shape index (κ2) is 10.2. The molecule has 1 saturated carbocycles. The van der Waals surface area contributed by atoms with E-state index in [0.29, 0.717) is 22.9 Å². The normalized spacial score (nSPS) is 16.0. The van der Waals surface area contributed by atoms with Crippen molar-refractivity contribution in [2.45, 2.75) is 37.8 Å². The molecule has 1 heterocycles. The number of piperidine rings is 1. The fourth-order valence-corrected chi connectivity index (χ4v) is 4.16. The number of nitrogens with one attached hydrogen (secondary N) is 3. The van der Waals surface area contributed by atoms with Crippen molar-refractivity contribution in [2.75, 3.05) is 28.6 Å². The van der Waals surface area contributed by atoms with Crippen molar-refractivity contribution in [3.8, 4) is 0 Å². The molecule has 1 saturated heterocycles. The minimum atomic E-state index is -0.205. The van der Waals surface area contributed by atoms with Gasteiger partial charge in [0, 0.05) is 53.0 Å². The Labute approximate surface area is 205 Å². The first kappa shape index (κ1) is 22.9. The van der Waals surface area contributed by atoms with E-state index in [-0.39, 0.29) is 17.9 Å². The van der Waals surface area contributed by atoms with E-state index in [9.17, 15) is 14.7 Å². The van der Waals surface area contributed by atoms with E-state index < -0.39 is 0 Å². The zero-order valence-electron chi connectivity index (χ0n) is 19.5. The molecule has 7 nitrogen and oxygen atoms in total. The van der Waals surface area contributed by atoms with Crippen molar-refractivity contribution in [3.05, 3.63) is 83.9 Å². The molecule has 0 bridgehead atoms. The van der Waals surface area contributed by atoms with Gasteiger partial charge in [-0.3, -0.25) is 9.59 Å². The zero-order chi connectivity index (χ0) is 24.2. The predicted molar refractivity (Wildman–Crippen MR) is 139 cm³/mol. The van der Waals surface area contributed by atoms with Gasteiger partial charge in [-0.25, -0.2) is 0 Å². The SMILES string of the molecule is O=C(Nc1ccc(Nc2ccc(C(=O)NC3CC3)cc2)cc1)c1ccc(N2CCC(O)CC2)cc1. The Bertz CT molecular complexity index is 1160. The van der Waals surface area contributed by atoms with Gasteiger partial charge in [-0.2, -0.15) is 0 Å². The quantitative estimate of drug-likeness (QED) is 0.407. The van der Waals surface area contributed by atoms with Gasteiger partial charge in [-0.15, -0.1) is 0 Å². The van der Waals surface area contributed by atoms with Gasteiger partial charge >= 0.3 is 0 Å². The standard InChI is InChI=1S/C28H30N4O3/c33-26-15-17-32(18-16-26)25-13-3-20(4-14-25)28(35)31-23-9-7-22(8-10-23)29-21-5-1-19(2-6-21)27(34)30-24-11-12-24/h1-10,13-14,24,26,29,33H,11-12,15-18H2,(H,30,34)(H,31,35). The second-order valence-corrected chi connectivity index (χ2v) is 9.25. The van der Waals surface area contributed by atoms with E-state index in [0.717, 1.165) is 55.8 Å². The number of aliphatic hydroxyl groups excluding tert-OH is 1. The van der Waals surface area contributed by atoms with Crippen molar-refractivity contribution < 1.29 is 14.7 Å². The summed E-state index contributed by atoms with van der Waals surface area (Å²) in [5.74, 6) is -0.188. The third-order valence-electron chi connectivity index (χ3n) is 6.45. The Kier molecular flexibility index (Phi) is 6.68. The van der Waals surface area contributed by atoms with Gasteiger partial charge in [0.25, 0.3) is 11.8 Å². The Hall–Kier alpha value is -3.84. The lowest BCUT2D eigenvalue weighted by atomic mass is 10.1. The highest BCUT2D eigenvalue weighted by Crippen LogP contribution is 2.23. The molecule has 0 spiro atoms. The molecule has 3 aromatic carbocycles. The molecule has 2 fully saturated rings. The van der Waals surface area contributed by atoms with Crippen molar-refractivity contribution in [1.29, 1.82) is 0 Å². The minimum Gasteiger partial charge on any atom is -0.393 e. The molecule has 0 aromatic heterocycles. The van der Waals surface area contributed by atoms with Crippen LogP contribution >= 0.6 is 0 Å². The van der Waals surface area contributed by atoms with Gasteiger partial charge in [-0.1, -0.05) is 0 Å². The van der Waals surface area contributed by atoms with Crippen LogP contribution in [0.2, 0.25) is 0 Å². The van der Waals surface area contributed by atoms with Crippen molar-refractivity contribution in [3.63, 3.8) is 0 Å². The lowest BCUT2D eigenvalue weighted by Gasteiger charge is -2.31. The van der Waals surface area contributed by atoms with Crippen LogP contribution in [0, 0.1) is 0 Å². The molecule has 0 unspecified atom stereocenters. The fraction of sp³-hybridized carbons (Fsp3) is 0.286. The largest absolute Gasteiger partial charge is 0.393 e. The summed E-state index contributed by atoms with van der Waals surface area (Å²) >= 11 is 0. The number of anilines is 4. The van der Waals surface area contributed by atoms with Crippen LogP contribution in [0.1, 0.15) is 46.4 Å². The van der Waals surface area contributed by atoms with Gasteiger partial charge in [-0.05, 0) is 98.5 Å². The first-order valence-corrected chi connectivity index (χ1v) is 12.2. The molecule has 1 aliphatic carbocycles. The summed E-state index contributed by atoms with van der Waals surface area (Å²) < 4.78 is 0. The van der Waals surface area contributed by atoms with Gasteiger partial charge in [0.05, 0.1) is 6.10 Å². The van der Waals surface area contributed by atoms with E-state index in [4.69, 9.17) is 0 Å². The number of rotatable bonds is 7. The average Bonchev–Trinajstić information content (AvgIpc) is 3.70. The Morgan fingerprint density at radius 2 is 1.20 bits per heavy atom. The predicted octanol–water partition coefficient (Wildman–Crippen LogP) is 4.54. The van der Waals surface area contributed by atoms with Gasteiger partial charge in [0.1, 0.15) is 0 Å². The van der Waals surface area contributed by atoms with Crippen molar-refractivity contribution in [1.82, 2.24) is 5.32 Å². The molecule has 5 rings (SSSR count). The van der Waals surface area contributed by atoms with Crippen LogP contribution in [0.3, 0.4) is 0 Å². The summed E-state index contributed by atoms with van der Waals surface area (Å²) in [6.45, 7) is 1.65. The summed E-state index contributed by atoms with van der Waals surface area (Å²) in [6, 6.07) is 22.8. The zero-order valence-corrected chi connectivity index (χ0v) is 19.5. The summed E-state index contributed by atoms with van der Waals surface area (Å²) in [4.78, 5) is 27.0. The second-order valence-electron chi connectivity index (χ2n) is 9.25. The smallest absolute Gasteiger partial charge is 0.255 e. The summed E-state index contributed by atoms with van der Waals surface area (Å²) in [6.07, 6.45) is 3.48. The maximum Gasteiger partial charge on any atom is 0.255 e. The van der Waals surface area contributed by atoms with Crippen LogP contribution in [0.15, 0.2) is 72.8 Å². The highest BCUT2D eigenvalue weighted by atomic mass is 16.3. The van der Waals surface area contributed by atoms with Crippen molar-refractivity contribution >= 4 is 34.6 Å². The van der Waals surface area contributed by atoms with E-state index in [1.165, 1.54) is 0 Å². The summed E-state index contributed by atoms with van der Waals surface area (Å²) in [5.41, 5.74) is 4.80. The highest BCUT2D eigenvalue weighted by molar-refractivity contribution is 6.04. The molecular formula is C28H30N4O3. The maximum absolute atomic E-state index is 12.7. The topological polar surface area (TPSA) is 93.7 Å². The highest BCUT2D eigenvalue weighted by Gasteiger charge is 2.23. The molecular weight excluding hydrogens is 440 g/mol. The third kappa shape index (κ3) is 6.00. The first-order chi connectivity index (χ1) is 17.0. The molecule has 1 aliphatic heterocycles. The number of benzene rings is 3. The number of nitrogens with zero attached hydrogens (tertiary/aromatic N) is 1. The molecule has 0 radical (unpaired) electrons. The molecule has 4 N–H and O–H groups in total. The van der Waals surface area contributed by atoms with E-state index >= 15 is 0 Å². The van der Waals surface area contributed by atoms with E-state index in [1.807, 2.05) is 72.8 Å². The van der Waals surface area contributed by atoms with Crippen LogP contribution in [0.25, 0.3) is 0 Å². The van der Waals surface area contributed by atoms with Gasteiger partial charge in [0.15, 0.2) is 0 Å². The summed E-state index contributed by atoms with van der Waals surface area (Å²) in [5, 5.41) is 18.9. The molecule has 2 aliphatic rings. The molecule has 7 heteroatoms. The van der Waals surface area contributed by atoms with E-state index in [1.54, 1.807) is 0 Å². The van der Waals surface area contributed by atoms with Gasteiger partial charge < -0.3 is 26.0 Å². The lowest BCUT2D eigenvalue weighted by Crippen LogP contribution is -2.35. The first-order valence-electron chi connectivity index (χ1n) is 12.2. The van der Waals surface area contributed by atoms with E-state index in [2.05, 4.69) is 20.9 Å². The van der Waals surface area contributed by atoms with Crippen LogP contribution in [0.4, 0.5) is 22.7 Å². The fourth-order valence-electron chi connectivity index (χ4n) is 4.16. The Morgan fingerprint density at radius 3 is 1.80 bits per heavy atom. The average molecular weight is 471 g/mol. The van der Waals surface area contributed by atoms with Gasteiger partial charge in [0.2, 0.25) is 0 Å². The van der Waals surface area contributed by atoms with Crippen molar-refractivity contribution in [2.24, 2.45) is 0 Å². The van der Waals surface area contributed by atoms with Crippen LogP contribution < -0.4 is 20.9 Å². The Balaban J connectivity index is 1.14. The number of carbonyl (C=O) groups is 2. The molecule has 35 heavy (non-hydrogen) atoms. The Morgan fingerprint density at radius 1 is 0.686 bits per heavy atom. The third-order valence-corrected chi connectivity index (χ3v) is 6.45. The number of aliphatic hydroxyl groups is 1. The van der Waals surface area contributed by atoms with Crippen LogP contribution in [-0.4, -0.2) is 42.2 Å². The minimum absolute atomic E-state index is 0.0277. The summed E-state index contributed by atoms with van der Waals surface area (Å²) in [7, 11) is 0. The number of hydrogen-bond donors (Lipinski definition) is 4. The van der Waals surface area contributed by atoms with Crippen LogP contribution in [-0.2, 0) is 0 Å². The number of carbonyl (C=O) groups excluding carboxylic acids is 2. The maximum atomic E-state index is 12.7. The molecule has 0 atom stereocenters. The number of hydrogen-bond acceptors (Lipinski definition) is 5. The lowest BCUT2D eigenvalue weighted by molar-refractivity contribution is 0.0950. The molecule has 2 amide bonds. The van der Waals surface area contributed by atoms with Crippen LogP contribution in [0.5, 0.6) is 0 Å². The molecule has 180 valence electrons. The monoisotopic (exact) mass is 470 g/mol.